The first kappa shape index (κ1) is 15.1. The highest BCUT2D eigenvalue weighted by atomic mass is 28.4. The van der Waals surface area contributed by atoms with Crippen LogP contribution in [0.3, 0.4) is 0 Å². The van der Waals surface area contributed by atoms with Gasteiger partial charge in [0.1, 0.15) is 0 Å². The van der Waals surface area contributed by atoms with Crippen LogP contribution in [0.25, 0.3) is 0 Å². The van der Waals surface area contributed by atoms with E-state index in [0.29, 0.717) is 13.1 Å². The fourth-order valence-electron chi connectivity index (χ4n) is 1.72. The Labute approximate surface area is 94.6 Å². The third kappa shape index (κ3) is 6.27. The molecule has 0 radical (unpaired) electrons. The zero-order valence-electron chi connectivity index (χ0n) is 10.1. The van der Waals surface area contributed by atoms with Gasteiger partial charge in [-0.25, -0.2) is 0 Å². The first-order valence-electron chi connectivity index (χ1n) is 5.92. The van der Waals surface area contributed by atoms with Gasteiger partial charge in [-0.05, 0) is 51.9 Å². The molecular formula is C10H26N2O2Si. The van der Waals surface area contributed by atoms with E-state index >= 15 is 0 Å². The third-order valence-corrected chi connectivity index (χ3v) is 6.20. The molecule has 0 atom stereocenters. The summed E-state index contributed by atoms with van der Waals surface area (Å²) in [6.07, 6.45) is 1.97. The molecule has 0 spiro atoms. The summed E-state index contributed by atoms with van der Waals surface area (Å²) in [4.78, 5) is 0. The summed E-state index contributed by atoms with van der Waals surface area (Å²) in [7, 11) is -2.00. The maximum Gasteiger partial charge on any atom is 0.338 e. The molecule has 15 heavy (non-hydrogen) atoms. The third-order valence-electron chi connectivity index (χ3n) is 2.34. The first-order valence-corrected chi connectivity index (χ1v) is 8.15. The van der Waals surface area contributed by atoms with Gasteiger partial charge in [0.15, 0.2) is 0 Å². The minimum Gasteiger partial charge on any atom is -0.394 e. The molecule has 0 aliphatic heterocycles. The first-order chi connectivity index (χ1) is 7.24. The van der Waals surface area contributed by atoms with E-state index in [0.717, 1.165) is 38.1 Å². The Hall–Kier alpha value is 0.0569. The van der Waals surface area contributed by atoms with Gasteiger partial charge in [0.05, 0.1) is 0 Å². The van der Waals surface area contributed by atoms with Gasteiger partial charge in [-0.15, -0.1) is 0 Å². The van der Waals surface area contributed by atoms with Crippen molar-refractivity contribution in [1.82, 2.24) is 0 Å². The topological polar surface area (TPSA) is 70.5 Å². The molecule has 0 fully saturated rings. The molecule has 0 rings (SSSR count). The van der Waals surface area contributed by atoms with Crippen molar-refractivity contribution >= 4 is 8.56 Å². The van der Waals surface area contributed by atoms with Crippen LogP contribution in [-0.2, 0) is 8.85 Å². The standard InChI is InChI=1S/C10H26N2O2Si/c1-3-13-15(14-4-2,9-5-7-11)10-6-8-12/h3-12H2,1-2H3. The average Bonchev–Trinajstić information content (AvgIpc) is 2.24. The summed E-state index contributed by atoms with van der Waals surface area (Å²) >= 11 is 0. The van der Waals surface area contributed by atoms with Gasteiger partial charge in [0.2, 0.25) is 0 Å². The molecule has 0 aromatic heterocycles. The van der Waals surface area contributed by atoms with E-state index in [1.807, 2.05) is 13.8 Å². The maximum atomic E-state index is 5.88. The van der Waals surface area contributed by atoms with E-state index < -0.39 is 8.56 Å². The van der Waals surface area contributed by atoms with Crippen LogP contribution < -0.4 is 11.5 Å². The lowest BCUT2D eigenvalue weighted by Crippen LogP contribution is -2.43. The Morgan fingerprint density at radius 1 is 0.867 bits per heavy atom. The van der Waals surface area contributed by atoms with E-state index in [2.05, 4.69) is 0 Å². The van der Waals surface area contributed by atoms with Gasteiger partial charge >= 0.3 is 8.56 Å². The van der Waals surface area contributed by atoms with Gasteiger partial charge in [0, 0.05) is 13.2 Å². The number of hydrogen-bond acceptors (Lipinski definition) is 4. The molecule has 0 saturated carbocycles. The van der Waals surface area contributed by atoms with Crippen LogP contribution in [0.1, 0.15) is 26.7 Å². The summed E-state index contributed by atoms with van der Waals surface area (Å²) in [6, 6.07) is 1.98. The molecule has 0 aromatic rings. The minimum absolute atomic E-state index is 0.706. The zero-order valence-corrected chi connectivity index (χ0v) is 11.1. The fraction of sp³-hybridized carbons (Fsp3) is 1.00. The maximum absolute atomic E-state index is 5.88. The van der Waals surface area contributed by atoms with Crippen molar-refractivity contribution in [3.8, 4) is 0 Å². The smallest absolute Gasteiger partial charge is 0.338 e. The van der Waals surface area contributed by atoms with Gasteiger partial charge in [0.25, 0.3) is 0 Å². The SMILES string of the molecule is CCO[Si](CCCN)(CCCN)OCC. The molecule has 4 N–H and O–H groups in total. The van der Waals surface area contributed by atoms with Crippen molar-refractivity contribution in [1.29, 1.82) is 0 Å². The Balaban J connectivity index is 4.26. The molecule has 0 aliphatic rings. The summed E-state index contributed by atoms with van der Waals surface area (Å²) in [5.74, 6) is 0. The van der Waals surface area contributed by atoms with Gasteiger partial charge in [-0.2, -0.15) is 0 Å². The molecule has 0 bridgehead atoms. The Morgan fingerprint density at radius 2 is 1.27 bits per heavy atom. The molecule has 0 saturated heterocycles. The summed E-state index contributed by atoms with van der Waals surface area (Å²) in [5, 5.41) is 0. The summed E-state index contributed by atoms with van der Waals surface area (Å²) in [6.45, 7) is 6.90. The fourth-order valence-corrected chi connectivity index (χ4v) is 5.17. The molecule has 5 heteroatoms. The molecule has 0 unspecified atom stereocenters. The number of rotatable bonds is 10. The summed E-state index contributed by atoms with van der Waals surface area (Å²) < 4.78 is 11.8. The van der Waals surface area contributed by atoms with Crippen LogP contribution in [0.15, 0.2) is 0 Å². The quantitative estimate of drug-likeness (QED) is 0.557. The molecule has 0 heterocycles. The van der Waals surface area contributed by atoms with Crippen molar-refractivity contribution in [2.45, 2.75) is 38.8 Å². The van der Waals surface area contributed by atoms with Gasteiger partial charge in [-0.3, -0.25) is 0 Å². The summed E-state index contributed by atoms with van der Waals surface area (Å²) in [5.41, 5.74) is 11.1. The van der Waals surface area contributed by atoms with E-state index in [1.54, 1.807) is 0 Å². The average molecular weight is 234 g/mol. The second-order valence-corrected chi connectivity index (χ2v) is 6.96. The van der Waals surface area contributed by atoms with E-state index in [-0.39, 0.29) is 0 Å². The molecule has 0 aliphatic carbocycles. The highest BCUT2D eigenvalue weighted by Gasteiger charge is 2.35. The normalized spacial score (nSPS) is 12.0. The van der Waals surface area contributed by atoms with Crippen LogP contribution in [0.5, 0.6) is 0 Å². The lowest BCUT2D eigenvalue weighted by Gasteiger charge is -2.30. The highest BCUT2D eigenvalue weighted by molar-refractivity contribution is 6.67. The lowest BCUT2D eigenvalue weighted by atomic mass is 10.5. The van der Waals surface area contributed by atoms with E-state index in [4.69, 9.17) is 20.3 Å². The van der Waals surface area contributed by atoms with Crippen molar-refractivity contribution in [3.63, 3.8) is 0 Å². The predicted octanol–water partition coefficient (Wildman–Crippen LogP) is 1.20. The Kier molecular flexibility index (Phi) is 9.33. The Morgan fingerprint density at radius 3 is 1.53 bits per heavy atom. The molecule has 0 aromatic carbocycles. The van der Waals surface area contributed by atoms with Crippen LogP contribution in [0.4, 0.5) is 0 Å². The van der Waals surface area contributed by atoms with E-state index in [1.165, 1.54) is 0 Å². The minimum atomic E-state index is -2.00. The van der Waals surface area contributed by atoms with Crippen LogP contribution in [0.2, 0.25) is 12.1 Å². The monoisotopic (exact) mass is 234 g/mol. The number of nitrogens with two attached hydrogens (primary N) is 2. The second kappa shape index (κ2) is 9.29. The predicted molar refractivity (Wildman–Crippen MR) is 66.0 cm³/mol. The van der Waals surface area contributed by atoms with Gasteiger partial charge in [-0.1, -0.05) is 0 Å². The van der Waals surface area contributed by atoms with Gasteiger partial charge < -0.3 is 20.3 Å². The number of hydrogen-bond donors (Lipinski definition) is 2. The molecular weight excluding hydrogens is 208 g/mol. The van der Waals surface area contributed by atoms with Crippen molar-refractivity contribution in [3.05, 3.63) is 0 Å². The highest BCUT2D eigenvalue weighted by Crippen LogP contribution is 2.22. The van der Waals surface area contributed by atoms with Crippen LogP contribution in [-0.4, -0.2) is 34.9 Å². The lowest BCUT2D eigenvalue weighted by molar-refractivity contribution is 0.181. The second-order valence-electron chi connectivity index (χ2n) is 3.56. The van der Waals surface area contributed by atoms with Crippen molar-refractivity contribution in [2.75, 3.05) is 26.3 Å². The van der Waals surface area contributed by atoms with Crippen LogP contribution in [0, 0.1) is 0 Å². The molecule has 4 nitrogen and oxygen atoms in total. The zero-order chi connectivity index (χ0) is 11.6. The van der Waals surface area contributed by atoms with Crippen molar-refractivity contribution in [2.24, 2.45) is 11.5 Å². The molecule has 92 valence electrons. The Bertz CT molecular complexity index is 131. The largest absolute Gasteiger partial charge is 0.394 e. The van der Waals surface area contributed by atoms with E-state index in [9.17, 15) is 0 Å². The van der Waals surface area contributed by atoms with Crippen molar-refractivity contribution < 1.29 is 8.85 Å². The van der Waals surface area contributed by atoms with Crippen LogP contribution >= 0.6 is 0 Å². The molecule has 0 amide bonds.